The number of carboxylic acid groups (broad SMARTS) is 1. The molecule has 3 nitrogen and oxygen atoms in total. The molecule has 0 amide bonds. The van der Waals surface area contributed by atoms with Crippen LogP contribution in [0.3, 0.4) is 0 Å². The van der Waals surface area contributed by atoms with Crippen LogP contribution >= 0.6 is 23.2 Å². The molecule has 6 heteroatoms. The lowest BCUT2D eigenvalue weighted by molar-refractivity contribution is 0.0691. The van der Waals surface area contributed by atoms with E-state index in [1.54, 1.807) is 24.3 Å². The second kappa shape index (κ2) is 6.38. The van der Waals surface area contributed by atoms with E-state index in [-0.39, 0.29) is 11.5 Å². The van der Waals surface area contributed by atoms with Crippen molar-refractivity contribution in [2.75, 3.05) is 18.0 Å². The highest BCUT2D eigenvalue weighted by molar-refractivity contribution is 6.42. The van der Waals surface area contributed by atoms with E-state index in [9.17, 15) is 9.18 Å². The Labute approximate surface area is 143 Å². The molecule has 2 aromatic rings. The molecule has 1 heterocycles. The van der Waals surface area contributed by atoms with Gasteiger partial charge in [0.25, 0.3) is 0 Å². The van der Waals surface area contributed by atoms with Crippen molar-refractivity contribution in [3.63, 3.8) is 0 Å². The van der Waals surface area contributed by atoms with E-state index in [1.807, 2.05) is 6.07 Å². The largest absolute Gasteiger partial charge is 0.478 e. The van der Waals surface area contributed by atoms with Crippen molar-refractivity contribution in [1.29, 1.82) is 0 Å². The van der Waals surface area contributed by atoms with Gasteiger partial charge in [-0.05, 0) is 36.2 Å². The predicted octanol–water partition coefficient (Wildman–Crippen LogP) is 4.82. The minimum atomic E-state index is -1.25. The first-order valence-corrected chi connectivity index (χ1v) is 7.94. The van der Waals surface area contributed by atoms with Crippen LogP contribution in [0.2, 0.25) is 10.0 Å². The van der Waals surface area contributed by atoms with Gasteiger partial charge in [0.2, 0.25) is 0 Å². The third-order valence-corrected chi connectivity index (χ3v) is 4.89. The molecule has 0 spiro atoms. The van der Waals surface area contributed by atoms with Crippen molar-refractivity contribution in [2.24, 2.45) is 0 Å². The quantitative estimate of drug-likeness (QED) is 0.859. The van der Waals surface area contributed by atoms with E-state index in [0.717, 1.165) is 18.7 Å². The standard InChI is InChI=1S/C17H14Cl2FNO2/c18-14-5-4-11(8-15(14)19)21-7-6-10(9-21)12-2-1-3-13(16(12)20)17(22)23/h1-5,8,10H,6-7,9H2,(H,22,23). The number of carbonyl (C=O) groups is 1. The number of nitrogens with zero attached hydrogens (tertiary/aromatic N) is 1. The second-order valence-electron chi connectivity index (χ2n) is 5.54. The lowest BCUT2D eigenvalue weighted by Gasteiger charge is -2.19. The van der Waals surface area contributed by atoms with Crippen LogP contribution in [-0.4, -0.2) is 24.2 Å². The topological polar surface area (TPSA) is 40.5 Å². The van der Waals surface area contributed by atoms with Crippen LogP contribution in [-0.2, 0) is 0 Å². The summed E-state index contributed by atoms with van der Waals surface area (Å²) in [4.78, 5) is 13.2. The fourth-order valence-corrected chi connectivity index (χ4v) is 3.25. The first kappa shape index (κ1) is 16.1. The summed E-state index contributed by atoms with van der Waals surface area (Å²) in [5.41, 5.74) is 1.10. The Morgan fingerprint density at radius 2 is 2.00 bits per heavy atom. The zero-order valence-corrected chi connectivity index (χ0v) is 13.6. The molecule has 1 atom stereocenters. The Bertz CT molecular complexity index is 766. The Balaban J connectivity index is 1.84. The molecule has 1 unspecified atom stereocenters. The van der Waals surface area contributed by atoms with Crippen molar-refractivity contribution in [3.05, 3.63) is 63.4 Å². The molecule has 1 saturated heterocycles. The molecule has 2 aromatic carbocycles. The van der Waals surface area contributed by atoms with E-state index >= 15 is 0 Å². The predicted molar refractivity (Wildman–Crippen MR) is 89.4 cm³/mol. The monoisotopic (exact) mass is 353 g/mol. The highest BCUT2D eigenvalue weighted by Gasteiger charge is 2.28. The fourth-order valence-electron chi connectivity index (χ4n) is 2.96. The van der Waals surface area contributed by atoms with Crippen molar-refractivity contribution >= 4 is 34.9 Å². The highest BCUT2D eigenvalue weighted by atomic mass is 35.5. The number of benzene rings is 2. The lowest BCUT2D eigenvalue weighted by atomic mass is 9.96. The van der Waals surface area contributed by atoms with Crippen LogP contribution < -0.4 is 4.90 Å². The van der Waals surface area contributed by atoms with Crippen LogP contribution in [0.15, 0.2) is 36.4 Å². The Hall–Kier alpha value is -1.78. The normalized spacial score (nSPS) is 17.5. The molecule has 0 aromatic heterocycles. The van der Waals surface area contributed by atoms with Gasteiger partial charge >= 0.3 is 5.97 Å². The molecule has 0 aliphatic carbocycles. The third-order valence-electron chi connectivity index (χ3n) is 4.16. The number of rotatable bonds is 3. The fraction of sp³-hybridized carbons (Fsp3) is 0.235. The van der Waals surface area contributed by atoms with Gasteiger partial charge in [-0.25, -0.2) is 9.18 Å². The summed E-state index contributed by atoms with van der Waals surface area (Å²) < 4.78 is 14.4. The van der Waals surface area contributed by atoms with E-state index in [2.05, 4.69) is 4.90 Å². The zero-order valence-electron chi connectivity index (χ0n) is 12.1. The maximum absolute atomic E-state index is 14.4. The van der Waals surface area contributed by atoms with Gasteiger partial charge in [-0.15, -0.1) is 0 Å². The molecule has 0 radical (unpaired) electrons. The van der Waals surface area contributed by atoms with Gasteiger partial charge in [0.05, 0.1) is 15.6 Å². The van der Waals surface area contributed by atoms with Gasteiger partial charge in [0.15, 0.2) is 0 Å². The number of anilines is 1. The summed E-state index contributed by atoms with van der Waals surface area (Å²) in [7, 11) is 0. The van der Waals surface area contributed by atoms with Crippen molar-refractivity contribution in [3.8, 4) is 0 Å². The molecule has 23 heavy (non-hydrogen) atoms. The molecule has 0 saturated carbocycles. The molecule has 1 fully saturated rings. The van der Waals surface area contributed by atoms with Gasteiger partial charge in [-0.1, -0.05) is 35.3 Å². The van der Waals surface area contributed by atoms with E-state index in [1.165, 1.54) is 6.07 Å². The average Bonchev–Trinajstić information content (AvgIpc) is 2.99. The first-order valence-electron chi connectivity index (χ1n) is 7.19. The van der Waals surface area contributed by atoms with Crippen molar-refractivity contribution < 1.29 is 14.3 Å². The summed E-state index contributed by atoms with van der Waals surface area (Å²) >= 11 is 12.0. The summed E-state index contributed by atoms with van der Waals surface area (Å²) in [5.74, 6) is -1.94. The maximum atomic E-state index is 14.4. The van der Waals surface area contributed by atoms with Gasteiger partial charge in [-0.3, -0.25) is 0 Å². The van der Waals surface area contributed by atoms with Crippen molar-refractivity contribution in [1.82, 2.24) is 0 Å². The number of hydrogen-bond acceptors (Lipinski definition) is 2. The second-order valence-corrected chi connectivity index (χ2v) is 6.36. The molecule has 3 rings (SSSR count). The molecule has 1 aliphatic rings. The molecule has 120 valence electrons. The van der Waals surface area contributed by atoms with Crippen LogP contribution in [0, 0.1) is 5.82 Å². The number of halogens is 3. The maximum Gasteiger partial charge on any atom is 0.338 e. The smallest absolute Gasteiger partial charge is 0.338 e. The zero-order chi connectivity index (χ0) is 16.6. The van der Waals surface area contributed by atoms with Crippen LogP contribution in [0.5, 0.6) is 0 Å². The van der Waals surface area contributed by atoms with Gasteiger partial charge < -0.3 is 10.0 Å². The molecule has 1 aliphatic heterocycles. The number of aromatic carboxylic acids is 1. The summed E-state index contributed by atoms with van der Waals surface area (Å²) in [6.07, 6.45) is 0.750. The van der Waals surface area contributed by atoms with Crippen molar-refractivity contribution in [2.45, 2.75) is 12.3 Å². The van der Waals surface area contributed by atoms with Gasteiger partial charge in [-0.2, -0.15) is 0 Å². The Morgan fingerprint density at radius 1 is 1.22 bits per heavy atom. The van der Waals surface area contributed by atoms with Gasteiger partial charge in [0, 0.05) is 24.7 Å². The Kier molecular flexibility index (Phi) is 4.46. The highest BCUT2D eigenvalue weighted by Crippen LogP contribution is 2.35. The minimum Gasteiger partial charge on any atom is -0.478 e. The summed E-state index contributed by atoms with van der Waals surface area (Å²) in [6.45, 7) is 1.36. The van der Waals surface area contributed by atoms with Gasteiger partial charge in [0.1, 0.15) is 5.82 Å². The lowest BCUT2D eigenvalue weighted by Crippen LogP contribution is -2.19. The van der Waals surface area contributed by atoms with E-state index in [0.29, 0.717) is 22.2 Å². The molecule has 1 N–H and O–H groups in total. The van der Waals surface area contributed by atoms with Crippen LogP contribution in [0.1, 0.15) is 28.3 Å². The number of carboxylic acids is 1. The minimum absolute atomic E-state index is 0.0521. The van der Waals surface area contributed by atoms with E-state index < -0.39 is 11.8 Å². The van der Waals surface area contributed by atoms with Crippen LogP contribution in [0.25, 0.3) is 0 Å². The molecule has 0 bridgehead atoms. The first-order chi connectivity index (χ1) is 11.0. The Morgan fingerprint density at radius 3 is 2.70 bits per heavy atom. The molecular formula is C17H14Cl2FNO2. The molecular weight excluding hydrogens is 340 g/mol. The summed E-state index contributed by atoms with van der Waals surface area (Å²) in [5, 5.41) is 10.0. The van der Waals surface area contributed by atoms with Crippen LogP contribution in [0.4, 0.5) is 10.1 Å². The average molecular weight is 354 g/mol. The third kappa shape index (κ3) is 3.14. The van der Waals surface area contributed by atoms with E-state index in [4.69, 9.17) is 28.3 Å². The SMILES string of the molecule is O=C(O)c1cccc(C2CCN(c3ccc(Cl)c(Cl)c3)C2)c1F. The summed E-state index contributed by atoms with van der Waals surface area (Å²) in [6, 6.07) is 9.93. The number of hydrogen-bond donors (Lipinski definition) is 1.